The molecule has 1 aliphatic rings. The zero-order valence-electron chi connectivity index (χ0n) is 9.92. The molecule has 1 heterocycles. The van der Waals surface area contributed by atoms with Crippen LogP contribution in [-0.2, 0) is 16.0 Å². The molecule has 1 aromatic carbocycles. The van der Waals surface area contributed by atoms with Crippen LogP contribution in [0.3, 0.4) is 0 Å². The molecule has 5 heteroatoms. The highest BCUT2D eigenvalue weighted by atomic mass is 35.5. The maximum absolute atomic E-state index is 12.3. The molecular weight excluding hydrogens is 273 g/mol. The zero-order valence-corrected chi connectivity index (χ0v) is 11.4. The molecule has 2 N–H and O–H groups in total. The monoisotopic (exact) mass is 287 g/mol. The van der Waals surface area contributed by atoms with E-state index in [1.54, 1.807) is 18.2 Å². The van der Waals surface area contributed by atoms with Crippen molar-refractivity contribution in [2.45, 2.75) is 24.8 Å². The largest absolute Gasteiger partial charge is 0.381 e. The second-order valence-corrected chi connectivity index (χ2v) is 5.37. The van der Waals surface area contributed by atoms with E-state index in [1.807, 2.05) is 0 Å². The van der Waals surface area contributed by atoms with Gasteiger partial charge in [-0.05, 0) is 24.5 Å². The molecule has 1 aliphatic heterocycles. The number of Topliss-reactive ketones (excluding diaryl/α,β-unsaturated/α-hetero) is 1. The van der Waals surface area contributed by atoms with Crippen molar-refractivity contribution in [3.8, 4) is 0 Å². The van der Waals surface area contributed by atoms with Crippen LogP contribution in [0, 0.1) is 0 Å². The third-order valence-corrected chi connectivity index (χ3v) is 4.18. The summed E-state index contributed by atoms with van der Waals surface area (Å²) in [6, 6.07) is 5.28. The molecular formula is C13H15Cl2NO2. The maximum atomic E-state index is 12.3. The van der Waals surface area contributed by atoms with Crippen molar-refractivity contribution in [3.63, 3.8) is 0 Å². The third-order valence-electron chi connectivity index (χ3n) is 3.32. The van der Waals surface area contributed by atoms with Gasteiger partial charge >= 0.3 is 0 Å². The SMILES string of the molecule is NC1(C(=O)Cc2cccc(Cl)c2Cl)CCOCC1. The lowest BCUT2D eigenvalue weighted by Gasteiger charge is -2.31. The summed E-state index contributed by atoms with van der Waals surface area (Å²) in [4.78, 5) is 12.3. The van der Waals surface area contributed by atoms with Crippen LogP contribution in [0.5, 0.6) is 0 Å². The number of hydrogen-bond acceptors (Lipinski definition) is 3. The van der Waals surface area contributed by atoms with Crippen LogP contribution in [0.4, 0.5) is 0 Å². The number of carbonyl (C=O) groups excluding carboxylic acids is 1. The summed E-state index contributed by atoms with van der Waals surface area (Å²) < 4.78 is 5.23. The Bertz CT molecular complexity index is 456. The van der Waals surface area contributed by atoms with Gasteiger partial charge < -0.3 is 10.5 Å². The number of nitrogens with two attached hydrogens (primary N) is 1. The number of benzene rings is 1. The zero-order chi connectivity index (χ0) is 13.2. The lowest BCUT2D eigenvalue weighted by Crippen LogP contribution is -2.52. The van der Waals surface area contributed by atoms with E-state index in [4.69, 9.17) is 33.7 Å². The normalized spacial score (nSPS) is 18.6. The van der Waals surface area contributed by atoms with Gasteiger partial charge in [-0.3, -0.25) is 4.79 Å². The number of carbonyl (C=O) groups is 1. The summed E-state index contributed by atoms with van der Waals surface area (Å²) in [5.74, 6) is -0.00466. The summed E-state index contributed by atoms with van der Waals surface area (Å²) in [5, 5.41) is 0.892. The second kappa shape index (κ2) is 5.57. The van der Waals surface area contributed by atoms with Gasteiger partial charge in [0.05, 0.1) is 15.6 Å². The van der Waals surface area contributed by atoms with E-state index < -0.39 is 5.54 Å². The molecule has 2 rings (SSSR count). The number of rotatable bonds is 3. The predicted octanol–water partition coefficient (Wildman–Crippen LogP) is 2.61. The van der Waals surface area contributed by atoms with E-state index >= 15 is 0 Å². The smallest absolute Gasteiger partial charge is 0.157 e. The molecule has 0 radical (unpaired) electrons. The third kappa shape index (κ3) is 2.86. The number of halogens is 2. The number of hydrogen-bond donors (Lipinski definition) is 1. The number of ether oxygens (including phenoxy) is 1. The number of ketones is 1. The topological polar surface area (TPSA) is 52.3 Å². The molecule has 0 bridgehead atoms. The van der Waals surface area contributed by atoms with E-state index in [-0.39, 0.29) is 12.2 Å². The minimum atomic E-state index is -0.788. The lowest BCUT2D eigenvalue weighted by atomic mass is 9.84. The van der Waals surface area contributed by atoms with Crippen molar-refractivity contribution in [1.29, 1.82) is 0 Å². The summed E-state index contributed by atoms with van der Waals surface area (Å²) >= 11 is 12.0. The molecule has 0 atom stereocenters. The van der Waals surface area contributed by atoms with Gasteiger partial charge in [0.15, 0.2) is 5.78 Å². The van der Waals surface area contributed by atoms with E-state index in [2.05, 4.69) is 0 Å². The van der Waals surface area contributed by atoms with Gasteiger partial charge in [0.25, 0.3) is 0 Å². The molecule has 0 amide bonds. The summed E-state index contributed by atoms with van der Waals surface area (Å²) in [7, 11) is 0. The molecule has 1 fully saturated rings. The van der Waals surface area contributed by atoms with Crippen LogP contribution in [-0.4, -0.2) is 24.5 Å². The highest BCUT2D eigenvalue weighted by molar-refractivity contribution is 6.42. The fourth-order valence-corrected chi connectivity index (χ4v) is 2.44. The lowest BCUT2D eigenvalue weighted by molar-refractivity contribution is -0.126. The first-order valence-electron chi connectivity index (χ1n) is 5.86. The Morgan fingerprint density at radius 2 is 2.00 bits per heavy atom. The first-order valence-corrected chi connectivity index (χ1v) is 6.61. The van der Waals surface area contributed by atoms with Crippen molar-refractivity contribution in [2.75, 3.05) is 13.2 Å². The van der Waals surface area contributed by atoms with E-state index in [0.717, 1.165) is 5.56 Å². The van der Waals surface area contributed by atoms with Crippen LogP contribution < -0.4 is 5.73 Å². The fourth-order valence-electron chi connectivity index (χ4n) is 2.05. The Labute approximate surface area is 116 Å². The van der Waals surface area contributed by atoms with Crippen LogP contribution in [0.15, 0.2) is 18.2 Å². The molecule has 0 spiro atoms. The van der Waals surface area contributed by atoms with Gasteiger partial charge in [-0.25, -0.2) is 0 Å². The minimum absolute atomic E-state index is 0.00466. The van der Waals surface area contributed by atoms with Gasteiger partial charge in [0.2, 0.25) is 0 Å². The average molecular weight is 288 g/mol. The molecule has 1 saturated heterocycles. The first kappa shape index (κ1) is 13.8. The highest BCUT2D eigenvalue weighted by Gasteiger charge is 2.35. The Kier molecular flexibility index (Phi) is 4.28. The average Bonchev–Trinajstić information content (AvgIpc) is 2.36. The van der Waals surface area contributed by atoms with Gasteiger partial charge in [-0.15, -0.1) is 0 Å². The highest BCUT2D eigenvalue weighted by Crippen LogP contribution is 2.28. The van der Waals surface area contributed by atoms with E-state index in [1.165, 1.54) is 0 Å². The van der Waals surface area contributed by atoms with Crippen LogP contribution in [0.25, 0.3) is 0 Å². The summed E-state index contributed by atoms with van der Waals surface area (Å²) in [6.45, 7) is 1.07. The Morgan fingerprint density at radius 3 is 2.67 bits per heavy atom. The quantitative estimate of drug-likeness (QED) is 0.930. The molecule has 1 aromatic rings. The van der Waals surface area contributed by atoms with Crippen molar-refractivity contribution in [3.05, 3.63) is 33.8 Å². The maximum Gasteiger partial charge on any atom is 0.157 e. The van der Waals surface area contributed by atoms with E-state index in [0.29, 0.717) is 36.1 Å². The molecule has 18 heavy (non-hydrogen) atoms. The molecule has 0 aliphatic carbocycles. The molecule has 3 nitrogen and oxygen atoms in total. The predicted molar refractivity (Wildman–Crippen MR) is 72.1 cm³/mol. The molecule has 0 saturated carbocycles. The van der Waals surface area contributed by atoms with Crippen molar-refractivity contribution >= 4 is 29.0 Å². The molecule has 98 valence electrons. The molecule has 0 aromatic heterocycles. The van der Waals surface area contributed by atoms with Crippen molar-refractivity contribution in [1.82, 2.24) is 0 Å². The summed E-state index contributed by atoms with van der Waals surface area (Å²) in [5.41, 5.74) is 6.07. The van der Waals surface area contributed by atoms with Gasteiger partial charge in [0.1, 0.15) is 0 Å². The van der Waals surface area contributed by atoms with Crippen LogP contribution in [0.2, 0.25) is 10.0 Å². The van der Waals surface area contributed by atoms with Crippen LogP contribution in [0.1, 0.15) is 18.4 Å². The second-order valence-electron chi connectivity index (χ2n) is 4.58. The summed E-state index contributed by atoms with van der Waals surface area (Å²) in [6.07, 6.45) is 1.34. The van der Waals surface area contributed by atoms with Gasteiger partial charge in [-0.2, -0.15) is 0 Å². The first-order chi connectivity index (χ1) is 8.53. The standard InChI is InChI=1S/C13H15Cl2NO2/c14-10-3-1-2-9(12(10)15)8-11(17)13(16)4-6-18-7-5-13/h1-3H,4-8,16H2. The Morgan fingerprint density at radius 1 is 1.33 bits per heavy atom. The van der Waals surface area contributed by atoms with E-state index in [9.17, 15) is 4.79 Å². The fraction of sp³-hybridized carbons (Fsp3) is 0.462. The van der Waals surface area contributed by atoms with Gasteiger partial charge in [-0.1, -0.05) is 35.3 Å². The van der Waals surface area contributed by atoms with Crippen molar-refractivity contribution < 1.29 is 9.53 Å². The van der Waals surface area contributed by atoms with Gasteiger partial charge in [0, 0.05) is 19.6 Å². The Balaban J connectivity index is 2.13. The Hall–Kier alpha value is -0.610. The minimum Gasteiger partial charge on any atom is -0.381 e. The molecule has 0 unspecified atom stereocenters. The van der Waals surface area contributed by atoms with Crippen LogP contribution >= 0.6 is 23.2 Å². The van der Waals surface area contributed by atoms with Crippen molar-refractivity contribution in [2.24, 2.45) is 5.73 Å².